The minimum absolute atomic E-state index is 0.00366. The van der Waals surface area contributed by atoms with Crippen molar-refractivity contribution < 1.29 is 14.3 Å². The molecule has 0 radical (unpaired) electrons. The minimum atomic E-state index is -0.425. The average Bonchev–Trinajstić information content (AvgIpc) is 3.49. The van der Waals surface area contributed by atoms with Crippen molar-refractivity contribution in [1.29, 1.82) is 0 Å². The molecule has 4 atom stereocenters. The summed E-state index contributed by atoms with van der Waals surface area (Å²) in [7, 11) is 1.36. The van der Waals surface area contributed by atoms with Crippen LogP contribution in [0.1, 0.15) is 96.1 Å². The minimum Gasteiger partial charge on any atom is -0.465 e. The van der Waals surface area contributed by atoms with Crippen LogP contribution in [0, 0.1) is 19.8 Å². The molecule has 47 heavy (non-hydrogen) atoms. The van der Waals surface area contributed by atoms with Crippen molar-refractivity contribution in [3.63, 3.8) is 0 Å². The molecule has 0 N–H and O–H groups in total. The number of ether oxygens (including phenoxy) is 1. The number of hydrogen-bond acceptors (Lipinski definition) is 5. The lowest BCUT2D eigenvalue weighted by Crippen LogP contribution is -2.55. The second-order valence-corrected chi connectivity index (χ2v) is 14.7. The van der Waals surface area contributed by atoms with Crippen LogP contribution in [-0.2, 0) is 10.2 Å². The molecule has 3 aliphatic heterocycles. The molecule has 246 valence electrons. The molecule has 3 saturated heterocycles. The summed E-state index contributed by atoms with van der Waals surface area (Å²) in [6.07, 6.45) is 6.45. The number of esters is 1. The number of imidazole rings is 1. The van der Waals surface area contributed by atoms with Gasteiger partial charge in [-0.15, -0.1) is 0 Å². The van der Waals surface area contributed by atoms with Crippen LogP contribution in [0.15, 0.2) is 72.8 Å². The van der Waals surface area contributed by atoms with E-state index in [-0.39, 0.29) is 16.9 Å². The number of methoxy groups -OCH3 is 1. The van der Waals surface area contributed by atoms with E-state index < -0.39 is 5.97 Å². The maximum absolute atomic E-state index is 13.6. The molecule has 3 aliphatic rings. The number of fused-ring (bicyclic) bond motifs is 3. The Morgan fingerprint density at radius 2 is 1.66 bits per heavy atom. The van der Waals surface area contributed by atoms with Crippen molar-refractivity contribution in [3.8, 4) is 0 Å². The van der Waals surface area contributed by atoms with Crippen LogP contribution in [0.2, 0.25) is 0 Å². The van der Waals surface area contributed by atoms with Crippen LogP contribution < -0.4 is 0 Å². The molecule has 3 unspecified atom stereocenters. The third-order valence-electron chi connectivity index (χ3n) is 12.1. The zero-order valence-corrected chi connectivity index (χ0v) is 28.5. The molecule has 7 heteroatoms. The van der Waals surface area contributed by atoms with Crippen molar-refractivity contribution in [2.75, 3.05) is 26.7 Å². The van der Waals surface area contributed by atoms with E-state index in [1.54, 1.807) is 24.3 Å². The molecule has 7 rings (SSSR count). The molecular formula is C40H48N4O3. The third kappa shape index (κ3) is 5.56. The molecule has 4 heterocycles. The third-order valence-corrected chi connectivity index (χ3v) is 12.1. The Bertz CT molecular complexity index is 1800. The van der Waals surface area contributed by atoms with Crippen molar-refractivity contribution in [1.82, 2.24) is 19.4 Å². The van der Waals surface area contributed by atoms with E-state index in [0.29, 0.717) is 42.2 Å². The van der Waals surface area contributed by atoms with Gasteiger partial charge in [-0.2, -0.15) is 0 Å². The van der Waals surface area contributed by atoms with Crippen LogP contribution >= 0.6 is 0 Å². The van der Waals surface area contributed by atoms with Crippen LogP contribution in [0.25, 0.3) is 11.0 Å². The van der Waals surface area contributed by atoms with Crippen molar-refractivity contribution >= 4 is 22.9 Å². The summed E-state index contributed by atoms with van der Waals surface area (Å²) < 4.78 is 7.41. The molecule has 3 fully saturated rings. The van der Waals surface area contributed by atoms with Gasteiger partial charge in [-0.3, -0.25) is 9.69 Å². The maximum Gasteiger partial charge on any atom is 0.337 e. The van der Waals surface area contributed by atoms with Gasteiger partial charge in [0, 0.05) is 36.3 Å². The number of benzene rings is 3. The van der Waals surface area contributed by atoms with E-state index >= 15 is 0 Å². The molecule has 0 saturated carbocycles. The zero-order chi connectivity index (χ0) is 32.9. The highest BCUT2D eigenvalue weighted by atomic mass is 16.5. The first-order valence-electron chi connectivity index (χ1n) is 17.4. The summed E-state index contributed by atoms with van der Waals surface area (Å²) in [5, 5.41) is 0. The highest BCUT2D eigenvalue weighted by molar-refractivity contribution is 5.98. The van der Waals surface area contributed by atoms with E-state index in [1.165, 1.54) is 30.2 Å². The number of para-hydroxylation sites is 2. The Hall–Kier alpha value is -3.97. The Morgan fingerprint density at radius 1 is 0.915 bits per heavy atom. The molecule has 0 aliphatic carbocycles. The number of aryl methyl sites for hydroxylation is 2. The maximum atomic E-state index is 13.6. The van der Waals surface area contributed by atoms with Crippen molar-refractivity contribution in [2.24, 2.45) is 5.92 Å². The van der Waals surface area contributed by atoms with E-state index in [2.05, 4.69) is 85.7 Å². The highest BCUT2D eigenvalue weighted by Crippen LogP contribution is 2.52. The normalized spacial score (nSPS) is 25.6. The summed E-state index contributed by atoms with van der Waals surface area (Å²) >= 11 is 0. The molecule has 7 nitrogen and oxygen atoms in total. The number of aromatic nitrogens is 2. The van der Waals surface area contributed by atoms with Crippen LogP contribution in [-0.4, -0.2) is 69.6 Å². The van der Waals surface area contributed by atoms with Gasteiger partial charge in [-0.1, -0.05) is 55.0 Å². The van der Waals surface area contributed by atoms with Gasteiger partial charge in [0.1, 0.15) is 5.82 Å². The smallest absolute Gasteiger partial charge is 0.337 e. The average molecular weight is 633 g/mol. The van der Waals surface area contributed by atoms with Gasteiger partial charge in [-0.05, 0) is 113 Å². The Kier molecular flexibility index (Phi) is 8.23. The largest absolute Gasteiger partial charge is 0.465 e. The number of amides is 1. The highest BCUT2D eigenvalue weighted by Gasteiger charge is 2.54. The first-order valence-corrected chi connectivity index (χ1v) is 17.4. The number of piperidine rings is 2. The van der Waals surface area contributed by atoms with Crippen molar-refractivity contribution in [3.05, 3.63) is 101 Å². The first kappa shape index (κ1) is 31.6. The fourth-order valence-corrected chi connectivity index (χ4v) is 9.38. The van der Waals surface area contributed by atoms with Crippen LogP contribution in [0.3, 0.4) is 0 Å². The van der Waals surface area contributed by atoms with E-state index in [0.717, 1.165) is 50.0 Å². The molecular weight excluding hydrogens is 584 g/mol. The predicted octanol–water partition coefficient (Wildman–Crippen LogP) is 7.51. The van der Waals surface area contributed by atoms with Gasteiger partial charge in [0.2, 0.25) is 0 Å². The molecule has 1 aromatic heterocycles. The quantitative estimate of drug-likeness (QED) is 0.197. The lowest BCUT2D eigenvalue weighted by Gasteiger charge is -2.50. The Balaban J connectivity index is 1.11. The van der Waals surface area contributed by atoms with E-state index in [4.69, 9.17) is 9.72 Å². The zero-order valence-electron chi connectivity index (χ0n) is 28.5. The number of carbonyl (C=O) groups excluding carboxylic acids is 2. The van der Waals surface area contributed by atoms with Crippen LogP contribution in [0.5, 0.6) is 0 Å². The summed E-state index contributed by atoms with van der Waals surface area (Å²) in [5.74, 6) is 1.31. The molecule has 0 spiro atoms. The molecule has 1 amide bonds. The Labute approximate surface area is 278 Å². The summed E-state index contributed by atoms with van der Waals surface area (Å²) in [4.78, 5) is 35.5. The Morgan fingerprint density at radius 3 is 2.40 bits per heavy atom. The summed E-state index contributed by atoms with van der Waals surface area (Å²) in [6.45, 7) is 11.8. The lowest BCUT2D eigenvalue weighted by molar-refractivity contribution is 0.0154. The SMILES string of the molecule is COC(=O)c1cccc(C(=O)N2CCC(CCN3C4CC(n5c(C)nc6ccccc65)CC3(C)[C@@H](C)C4)(c3cccc(C)c3)CC2)c1. The van der Waals surface area contributed by atoms with Gasteiger partial charge < -0.3 is 14.2 Å². The van der Waals surface area contributed by atoms with Crippen LogP contribution in [0.4, 0.5) is 0 Å². The predicted molar refractivity (Wildman–Crippen MR) is 186 cm³/mol. The monoisotopic (exact) mass is 632 g/mol. The number of likely N-dealkylation sites (tertiary alicyclic amines) is 1. The van der Waals surface area contributed by atoms with Gasteiger partial charge in [0.25, 0.3) is 5.91 Å². The summed E-state index contributed by atoms with van der Waals surface area (Å²) in [5.41, 5.74) is 6.11. The number of hydrogen-bond donors (Lipinski definition) is 0. The van der Waals surface area contributed by atoms with Crippen molar-refractivity contribution in [2.45, 2.75) is 89.3 Å². The van der Waals surface area contributed by atoms with Gasteiger partial charge in [-0.25, -0.2) is 9.78 Å². The van der Waals surface area contributed by atoms with E-state index in [1.807, 2.05) is 4.90 Å². The fraction of sp³-hybridized carbons (Fsp3) is 0.475. The van der Waals surface area contributed by atoms with Gasteiger partial charge in [0.15, 0.2) is 0 Å². The second kappa shape index (κ2) is 12.2. The van der Waals surface area contributed by atoms with E-state index in [9.17, 15) is 9.59 Å². The topological polar surface area (TPSA) is 67.7 Å². The molecule has 4 aromatic rings. The number of carbonyl (C=O) groups is 2. The molecule has 2 bridgehead atoms. The first-order chi connectivity index (χ1) is 22.6. The van der Waals surface area contributed by atoms with Gasteiger partial charge in [0.05, 0.1) is 23.7 Å². The number of nitrogens with zero attached hydrogens (tertiary/aromatic N) is 4. The number of rotatable bonds is 7. The summed E-state index contributed by atoms with van der Waals surface area (Å²) in [6, 6.07) is 25.6. The second-order valence-electron chi connectivity index (χ2n) is 14.7. The lowest BCUT2D eigenvalue weighted by atomic mass is 9.69. The standard InChI is InChI=1S/C40H48N4O3/c1-27-10-8-13-32(22-27)40(16-19-42(20-17-40)37(45)30-11-9-12-31(24-30)38(46)47-5)18-21-43-33-23-28(2)39(43,4)26-34(25-33)44-29(3)41-35-14-6-7-15-36(35)44/h6-15,22,24,28,33-34H,16-21,23,25-26H2,1-5H3/t28-,33?,34?,39?/m0/s1. The fourth-order valence-electron chi connectivity index (χ4n) is 9.38. The van der Waals surface area contributed by atoms with Gasteiger partial charge >= 0.3 is 5.97 Å². The molecule has 3 aromatic carbocycles.